The van der Waals surface area contributed by atoms with Gasteiger partial charge in [0, 0.05) is 23.9 Å². The number of hydrogen-bond donors (Lipinski definition) is 4. The highest BCUT2D eigenvalue weighted by Crippen LogP contribution is 2.36. The maximum atomic E-state index is 11.0. The lowest BCUT2D eigenvalue weighted by atomic mass is 10.0. The van der Waals surface area contributed by atoms with E-state index in [4.69, 9.17) is 25.4 Å². The van der Waals surface area contributed by atoms with Crippen molar-refractivity contribution in [2.45, 2.75) is 25.4 Å². The summed E-state index contributed by atoms with van der Waals surface area (Å²) in [6, 6.07) is 13.0. The van der Waals surface area contributed by atoms with Crippen molar-refractivity contribution in [1.82, 2.24) is 5.32 Å². The second-order valence-electron chi connectivity index (χ2n) is 7.23. The van der Waals surface area contributed by atoms with Crippen molar-refractivity contribution in [3.8, 4) is 17.1 Å². The fraction of sp³-hybridized carbons (Fsp3) is 0.273. The van der Waals surface area contributed by atoms with Crippen molar-refractivity contribution >= 4 is 47.6 Å². The van der Waals surface area contributed by atoms with Crippen LogP contribution in [0.3, 0.4) is 0 Å². The van der Waals surface area contributed by atoms with E-state index in [-0.39, 0.29) is 43.2 Å². The number of amidine groups is 1. The van der Waals surface area contributed by atoms with Crippen LogP contribution < -0.4 is 15.8 Å². The number of fused-ring (bicyclic) bond motifs is 1. The van der Waals surface area contributed by atoms with Gasteiger partial charge in [-0.25, -0.2) is 0 Å². The van der Waals surface area contributed by atoms with Crippen LogP contribution in [0, 0.1) is 5.41 Å². The van der Waals surface area contributed by atoms with Crippen LogP contribution in [0.15, 0.2) is 46.9 Å². The largest absolute Gasteiger partial charge is 0.488 e. The molecule has 0 aliphatic carbocycles. The van der Waals surface area contributed by atoms with Gasteiger partial charge in [0.15, 0.2) is 0 Å². The Bertz CT molecular complexity index is 1080. The van der Waals surface area contributed by atoms with Gasteiger partial charge in [-0.1, -0.05) is 6.07 Å². The van der Waals surface area contributed by atoms with Gasteiger partial charge >= 0.3 is 5.97 Å². The minimum atomic E-state index is -0.829. The average Bonchev–Trinajstić information content (AvgIpc) is 3.35. The summed E-state index contributed by atoms with van der Waals surface area (Å²) in [7, 11) is 0. The first-order valence-electron chi connectivity index (χ1n) is 9.60. The summed E-state index contributed by atoms with van der Waals surface area (Å²) in [5.74, 6) is 0.523. The van der Waals surface area contributed by atoms with Crippen LogP contribution in [0.4, 0.5) is 0 Å². The van der Waals surface area contributed by atoms with Crippen molar-refractivity contribution < 1.29 is 19.1 Å². The number of nitrogen functional groups attached to an aromatic ring is 1. The number of aryl methyl sites for hydroxylation is 1. The molecule has 0 amide bonds. The molecule has 0 unspecified atom stereocenters. The van der Waals surface area contributed by atoms with Gasteiger partial charge in [-0.3, -0.25) is 10.2 Å². The van der Waals surface area contributed by atoms with E-state index in [0.29, 0.717) is 29.1 Å². The zero-order valence-corrected chi connectivity index (χ0v) is 18.4. The van der Waals surface area contributed by atoms with Gasteiger partial charge in [0.1, 0.15) is 29.0 Å². The molecule has 31 heavy (non-hydrogen) atoms. The third-order valence-electron chi connectivity index (χ3n) is 5.07. The molecule has 3 aromatic rings. The molecule has 2 aromatic carbocycles. The Kier molecular flexibility index (Phi) is 8.33. The second kappa shape index (κ2) is 10.5. The predicted octanol–water partition coefficient (Wildman–Crippen LogP) is 3.99. The summed E-state index contributed by atoms with van der Waals surface area (Å²) in [4.78, 5) is 11.0. The number of carboxylic acids is 1. The predicted molar refractivity (Wildman–Crippen MR) is 125 cm³/mol. The molecular weight excluding hydrogens is 441 g/mol. The molecule has 1 atom stereocenters. The second-order valence-corrected chi connectivity index (χ2v) is 7.23. The molecular formula is C22H25Cl2N3O4. The molecule has 1 saturated heterocycles. The minimum absolute atomic E-state index is 0. The van der Waals surface area contributed by atoms with Gasteiger partial charge in [-0.2, -0.15) is 0 Å². The van der Waals surface area contributed by atoms with E-state index >= 15 is 0 Å². The monoisotopic (exact) mass is 465 g/mol. The van der Waals surface area contributed by atoms with Gasteiger partial charge in [-0.05, 0) is 61.3 Å². The Morgan fingerprint density at radius 2 is 2.03 bits per heavy atom. The summed E-state index contributed by atoms with van der Waals surface area (Å²) in [5.41, 5.74) is 8.62. The normalized spacial score (nSPS) is 15.2. The van der Waals surface area contributed by atoms with Gasteiger partial charge < -0.3 is 25.3 Å². The number of furan rings is 1. The zero-order valence-electron chi connectivity index (χ0n) is 16.7. The standard InChI is InChI=1S/C22H23N3O4.2ClH/c23-22(24)14-3-5-18-15(10-14)11-20(29-18)17-9-13(2-6-21(26)27)1-4-19(17)28-16-7-8-25-12-16;;/h1,3-5,9-11,16,25H,2,6-8,12H2,(H3,23,24)(H,26,27);2*1H/t16-;;/m0../s1. The quantitative estimate of drug-likeness (QED) is 0.309. The van der Waals surface area contributed by atoms with Crippen LogP contribution in [-0.4, -0.2) is 36.1 Å². The van der Waals surface area contributed by atoms with E-state index in [0.717, 1.165) is 36.0 Å². The van der Waals surface area contributed by atoms with E-state index in [1.165, 1.54) is 0 Å². The van der Waals surface area contributed by atoms with Gasteiger partial charge in [0.25, 0.3) is 0 Å². The van der Waals surface area contributed by atoms with Crippen molar-refractivity contribution in [2.75, 3.05) is 13.1 Å². The van der Waals surface area contributed by atoms with E-state index in [1.54, 1.807) is 12.1 Å². The summed E-state index contributed by atoms with van der Waals surface area (Å²) >= 11 is 0. The minimum Gasteiger partial charge on any atom is -0.488 e. The number of carbonyl (C=O) groups is 1. The maximum Gasteiger partial charge on any atom is 0.303 e. The van der Waals surface area contributed by atoms with Gasteiger partial charge in [0.05, 0.1) is 5.56 Å². The average molecular weight is 466 g/mol. The number of hydrogen-bond acceptors (Lipinski definition) is 5. The number of benzene rings is 2. The molecule has 1 fully saturated rings. The Morgan fingerprint density at radius 3 is 2.71 bits per heavy atom. The van der Waals surface area contributed by atoms with Crippen LogP contribution in [0.1, 0.15) is 24.0 Å². The smallest absolute Gasteiger partial charge is 0.303 e. The molecule has 0 spiro atoms. The highest BCUT2D eigenvalue weighted by molar-refractivity contribution is 5.99. The lowest BCUT2D eigenvalue weighted by molar-refractivity contribution is -0.136. The van der Waals surface area contributed by atoms with Crippen LogP contribution in [0.2, 0.25) is 0 Å². The van der Waals surface area contributed by atoms with E-state index in [9.17, 15) is 4.79 Å². The van der Waals surface area contributed by atoms with Crippen LogP contribution in [0.25, 0.3) is 22.3 Å². The van der Waals surface area contributed by atoms with Crippen LogP contribution >= 0.6 is 24.8 Å². The van der Waals surface area contributed by atoms with E-state index in [2.05, 4.69) is 5.32 Å². The number of carboxylic acid groups (broad SMARTS) is 1. The molecule has 1 aromatic heterocycles. The summed E-state index contributed by atoms with van der Waals surface area (Å²) in [5, 5.41) is 20.8. The maximum absolute atomic E-state index is 11.0. The first-order chi connectivity index (χ1) is 14.0. The van der Waals surface area contributed by atoms with E-state index in [1.807, 2.05) is 30.3 Å². The molecule has 7 nitrogen and oxygen atoms in total. The molecule has 1 aliphatic heterocycles. The highest BCUT2D eigenvalue weighted by Gasteiger charge is 2.20. The number of rotatable bonds is 7. The molecule has 9 heteroatoms. The first-order valence-corrected chi connectivity index (χ1v) is 9.60. The van der Waals surface area contributed by atoms with Crippen molar-refractivity contribution in [1.29, 1.82) is 5.41 Å². The third kappa shape index (κ3) is 5.70. The summed E-state index contributed by atoms with van der Waals surface area (Å²) in [6.45, 7) is 1.72. The summed E-state index contributed by atoms with van der Waals surface area (Å²) < 4.78 is 12.3. The van der Waals surface area contributed by atoms with E-state index < -0.39 is 5.97 Å². The lowest BCUT2D eigenvalue weighted by Crippen LogP contribution is -2.19. The molecule has 0 bridgehead atoms. The topological polar surface area (TPSA) is 122 Å². The SMILES string of the molecule is Cl.Cl.N=C(N)c1ccc2oc(-c3cc(CCC(=O)O)ccc3O[C@H]3CCNC3)cc2c1. The molecule has 0 saturated carbocycles. The molecule has 1 aliphatic rings. The number of halogens is 2. The number of nitrogens with one attached hydrogen (secondary N) is 2. The fourth-order valence-corrected chi connectivity index (χ4v) is 3.53. The zero-order chi connectivity index (χ0) is 20.4. The number of aliphatic carboxylic acids is 1. The number of nitrogens with two attached hydrogens (primary N) is 1. The molecule has 0 radical (unpaired) electrons. The Hall–Kier alpha value is -2.74. The van der Waals surface area contributed by atoms with Crippen molar-refractivity contribution in [3.05, 3.63) is 53.6 Å². The summed E-state index contributed by atoms with van der Waals surface area (Å²) in [6.07, 6.45) is 1.52. The Labute approximate surface area is 192 Å². The number of ether oxygens (including phenoxy) is 1. The fourth-order valence-electron chi connectivity index (χ4n) is 3.53. The molecule has 166 valence electrons. The van der Waals surface area contributed by atoms with Crippen molar-refractivity contribution in [3.63, 3.8) is 0 Å². The lowest BCUT2D eigenvalue weighted by Gasteiger charge is -2.16. The highest BCUT2D eigenvalue weighted by atomic mass is 35.5. The van der Waals surface area contributed by atoms with Crippen LogP contribution in [0.5, 0.6) is 5.75 Å². The Balaban J connectivity index is 0.00000171. The molecule has 5 N–H and O–H groups in total. The Morgan fingerprint density at radius 1 is 1.23 bits per heavy atom. The van der Waals surface area contributed by atoms with Gasteiger partial charge in [0.2, 0.25) is 0 Å². The molecule has 2 heterocycles. The molecule has 4 rings (SSSR count). The first kappa shape index (κ1) is 24.5. The van der Waals surface area contributed by atoms with Gasteiger partial charge in [-0.15, -0.1) is 24.8 Å². The van der Waals surface area contributed by atoms with Crippen molar-refractivity contribution in [2.24, 2.45) is 5.73 Å². The third-order valence-corrected chi connectivity index (χ3v) is 5.07. The van der Waals surface area contributed by atoms with Crippen LogP contribution in [-0.2, 0) is 11.2 Å².